The smallest absolute Gasteiger partial charge is 0.222 e. The standard InChI is InChI=1S/C13H20ClN3/c1-11-5-8-15-12(17-11)16-10-13(9-14)6-3-2-4-7-13/h5,8H,2-4,6-7,9-10H2,1H3,(H,15,16,17). The molecule has 0 saturated heterocycles. The monoisotopic (exact) mass is 253 g/mol. The number of nitrogens with one attached hydrogen (secondary N) is 1. The summed E-state index contributed by atoms with van der Waals surface area (Å²) in [5.74, 6) is 1.45. The molecule has 1 aromatic rings. The van der Waals surface area contributed by atoms with Crippen molar-refractivity contribution in [2.45, 2.75) is 39.0 Å². The average Bonchev–Trinajstić information content (AvgIpc) is 2.38. The minimum absolute atomic E-state index is 0.243. The second-order valence-electron chi connectivity index (χ2n) is 5.07. The third kappa shape index (κ3) is 3.32. The van der Waals surface area contributed by atoms with Crippen LogP contribution >= 0.6 is 11.6 Å². The van der Waals surface area contributed by atoms with Gasteiger partial charge in [0.25, 0.3) is 0 Å². The molecule has 2 rings (SSSR count). The summed E-state index contributed by atoms with van der Waals surface area (Å²) in [7, 11) is 0. The molecule has 0 bridgehead atoms. The van der Waals surface area contributed by atoms with E-state index in [1.54, 1.807) is 6.20 Å². The summed E-state index contributed by atoms with van der Waals surface area (Å²) in [6, 6.07) is 1.91. The van der Waals surface area contributed by atoms with Crippen LogP contribution in [0.3, 0.4) is 0 Å². The highest BCUT2D eigenvalue weighted by Crippen LogP contribution is 2.37. The molecule has 0 aliphatic heterocycles. The van der Waals surface area contributed by atoms with Crippen molar-refractivity contribution in [3.8, 4) is 0 Å². The number of alkyl halides is 1. The van der Waals surface area contributed by atoms with Crippen LogP contribution in [0.4, 0.5) is 5.95 Å². The van der Waals surface area contributed by atoms with E-state index in [0.717, 1.165) is 24.1 Å². The van der Waals surface area contributed by atoms with Crippen molar-refractivity contribution < 1.29 is 0 Å². The maximum absolute atomic E-state index is 6.15. The highest BCUT2D eigenvalue weighted by molar-refractivity contribution is 6.18. The Morgan fingerprint density at radius 3 is 2.76 bits per heavy atom. The van der Waals surface area contributed by atoms with Gasteiger partial charge in [0.05, 0.1) is 0 Å². The maximum atomic E-state index is 6.15. The molecule has 3 nitrogen and oxygen atoms in total. The van der Waals surface area contributed by atoms with E-state index in [1.807, 2.05) is 13.0 Å². The molecule has 1 aromatic heterocycles. The Labute approximate surface area is 108 Å². The van der Waals surface area contributed by atoms with Crippen molar-refractivity contribution in [3.63, 3.8) is 0 Å². The Morgan fingerprint density at radius 2 is 2.12 bits per heavy atom. The third-order valence-electron chi connectivity index (χ3n) is 3.61. The fourth-order valence-corrected chi connectivity index (χ4v) is 2.82. The summed E-state index contributed by atoms with van der Waals surface area (Å²) in [5, 5.41) is 3.34. The lowest BCUT2D eigenvalue weighted by Gasteiger charge is -2.35. The summed E-state index contributed by atoms with van der Waals surface area (Å²) in [5.41, 5.74) is 1.23. The average molecular weight is 254 g/mol. The number of anilines is 1. The Kier molecular flexibility index (Phi) is 4.21. The van der Waals surface area contributed by atoms with Gasteiger partial charge in [-0.1, -0.05) is 19.3 Å². The molecule has 17 heavy (non-hydrogen) atoms. The van der Waals surface area contributed by atoms with Gasteiger partial charge in [0, 0.05) is 29.7 Å². The molecule has 1 fully saturated rings. The molecule has 0 amide bonds. The molecule has 1 N–H and O–H groups in total. The second kappa shape index (κ2) is 5.67. The normalized spacial score (nSPS) is 18.9. The molecule has 94 valence electrons. The van der Waals surface area contributed by atoms with Crippen molar-refractivity contribution in [1.82, 2.24) is 9.97 Å². The minimum atomic E-state index is 0.243. The number of nitrogens with zero attached hydrogens (tertiary/aromatic N) is 2. The minimum Gasteiger partial charge on any atom is -0.354 e. The van der Waals surface area contributed by atoms with Gasteiger partial charge in [-0.15, -0.1) is 11.6 Å². The first-order valence-corrected chi connectivity index (χ1v) is 6.87. The number of aryl methyl sites for hydroxylation is 1. The SMILES string of the molecule is Cc1ccnc(NCC2(CCl)CCCCC2)n1. The molecule has 1 saturated carbocycles. The largest absolute Gasteiger partial charge is 0.354 e. The van der Waals surface area contributed by atoms with E-state index in [0.29, 0.717) is 0 Å². The van der Waals surface area contributed by atoms with Crippen LogP contribution in [0.15, 0.2) is 12.3 Å². The Balaban J connectivity index is 1.95. The van der Waals surface area contributed by atoms with E-state index < -0.39 is 0 Å². The van der Waals surface area contributed by atoms with Gasteiger partial charge in [-0.05, 0) is 25.8 Å². The van der Waals surface area contributed by atoms with Crippen LogP contribution < -0.4 is 5.32 Å². The second-order valence-corrected chi connectivity index (χ2v) is 5.34. The molecule has 0 radical (unpaired) electrons. The van der Waals surface area contributed by atoms with Crippen molar-refractivity contribution in [2.24, 2.45) is 5.41 Å². The fourth-order valence-electron chi connectivity index (χ4n) is 2.46. The van der Waals surface area contributed by atoms with Gasteiger partial charge in [-0.2, -0.15) is 0 Å². The van der Waals surface area contributed by atoms with Crippen LogP contribution in [0.5, 0.6) is 0 Å². The molecular weight excluding hydrogens is 234 g/mol. The lowest BCUT2D eigenvalue weighted by atomic mass is 9.75. The van der Waals surface area contributed by atoms with E-state index in [4.69, 9.17) is 11.6 Å². The van der Waals surface area contributed by atoms with Crippen molar-refractivity contribution >= 4 is 17.5 Å². The Bertz CT molecular complexity index is 361. The molecular formula is C13H20ClN3. The molecule has 1 heterocycles. The molecule has 1 aliphatic carbocycles. The topological polar surface area (TPSA) is 37.8 Å². The van der Waals surface area contributed by atoms with Gasteiger partial charge >= 0.3 is 0 Å². The van der Waals surface area contributed by atoms with Crippen molar-refractivity contribution in [3.05, 3.63) is 18.0 Å². The lowest BCUT2D eigenvalue weighted by molar-refractivity contribution is 0.237. The van der Waals surface area contributed by atoms with Crippen LogP contribution in [-0.2, 0) is 0 Å². The molecule has 0 unspecified atom stereocenters. The van der Waals surface area contributed by atoms with Gasteiger partial charge in [-0.25, -0.2) is 9.97 Å². The molecule has 1 aliphatic rings. The number of rotatable bonds is 4. The zero-order valence-corrected chi connectivity index (χ0v) is 11.1. The summed E-state index contributed by atoms with van der Waals surface area (Å²) >= 11 is 6.15. The van der Waals surface area contributed by atoms with E-state index in [2.05, 4.69) is 15.3 Å². The Hall–Kier alpha value is -0.830. The summed E-state index contributed by atoms with van der Waals surface area (Å²) in [6.07, 6.45) is 8.16. The van der Waals surface area contributed by atoms with Crippen LogP contribution in [0.25, 0.3) is 0 Å². The van der Waals surface area contributed by atoms with E-state index in [1.165, 1.54) is 32.1 Å². The fraction of sp³-hybridized carbons (Fsp3) is 0.692. The van der Waals surface area contributed by atoms with Crippen molar-refractivity contribution in [2.75, 3.05) is 17.7 Å². The molecule has 0 aromatic carbocycles. The van der Waals surface area contributed by atoms with Crippen LogP contribution in [0.2, 0.25) is 0 Å². The van der Waals surface area contributed by atoms with Crippen molar-refractivity contribution in [1.29, 1.82) is 0 Å². The summed E-state index contributed by atoms with van der Waals surface area (Å²) in [4.78, 5) is 8.58. The predicted molar refractivity (Wildman–Crippen MR) is 71.5 cm³/mol. The first-order valence-electron chi connectivity index (χ1n) is 6.34. The van der Waals surface area contributed by atoms with E-state index in [9.17, 15) is 0 Å². The Morgan fingerprint density at radius 1 is 1.35 bits per heavy atom. The number of hydrogen-bond donors (Lipinski definition) is 1. The lowest BCUT2D eigenvalue weighted by Crippen LogP contribution is -2.34. The highest BCUT2D eigenvalue weighted by atomic mass is 35.5. The molecule has 0 spiro atoms. The van der Waals surface area contributed by atoms with Gasteiger partial charge in [0.15, 0.2) is 0 Å². The summed E-state index contributed by atoms with van der Waals surface area (Å²) in [6.45, 7) is 2.87. The maximum Gasteiger partial charge on any atom is 0.222 e. The van der Waals surface area contributed by atoms with Crippen LogP contribution in [0.1, 0.15) is 37.8 Å². The quantitative estimate of drug-likeness (QED) is 0.836. The van der Waals surface area contributed by atoms with Gasteiger partial charge < -0.3 is 5.32 Å². The van der Waals surface area contributed by atoms with Crippen LogP contribution in [-0.4, -0.2) is 22.4 Å². The van der Waals surface area contributed by atoms with E-state index >= 15 is 0 Å². The number of halogens is 1. The zero-order valence-electron chi connectivity index (χ0n) is 10.4. The first-order chi connectivity index (χ1) is 8.24. The predicted octanol–water partition coefficient (Wildman–Crippen LogP) is 3.39. The number of hydrogen-bond acceptors (Lipinski definition) is 3. The highest BCUT2D eigenvalue weighted by Gasteiger charge is 2.31. The van der Waals surface area contributed by atoms with E-state index in [-0.39, 0.29) is 5.41 Å². The molecule has 4 heteroatoms. The van der Waals surface area contributed by atoms with Gasteiger partial charge in [0.2, 0.25) is 5.95 Å². The summed E-state index contributed by atoms with van der Waals surface area (Å²) < 4.78 is 0. The molecule has 0 atom stereocenters. The zero-order chi connectivity index (χ0) is 12.1. The van der Waals surface area contributed by atoms with Gasteiger partial charge in [-0.3, -0.25) is 0 Å². The van der Waals surface area contributed by atoms with Crippen LogP contribution in [0, 0.1) is 12.3 Å². The van der Waals surface area contributed by atoms with Gasteiger partial charge in [0.1, 0.15) is 0 Å². The third-order valence-corrected chi connectivity index (χ3v) is 4.18. The number of aromatic nitrogens is 2. The first kappa shape index (κ1) is 12.6.